The molecule has 1 unspecified atom stereocenters. The van der Waals surface area contributed by atoms with Crippen LogP contribution in [0.25, 0.3) is 0 Å². The molecule has 0 spiro atoms. The number of esters is 2. The van der Waals surface area contributed by atoms with Crippen LogP contribution in [0.5, 0.6) is 0 Å². The summed E-state index contributed by atoms with van der Waals surface area (Å²) < 4.78 is 12.8. The number of carbonyl (C=O) groups is 2. The van der Waals surface area contributed by atoms with E-state index in [-0.39, 0.29) is 30.0 Å². The van der Waals surface area contributed by atoms with E-state index in [0.29, 0.717) is 17.0 Å². The fraction of sp³-hybridized carbons (Fsp3) is 0.375. The number of carbonyl (C=O) groups excluding carboxylic acids is 2. The Hall–Kier alpha value is -3.95. The van der Waals surface area contributed by atoms with E-state index in [4.69, 9.17) is 9.47 Å². The fourth-order valence-corrected chi connectivity index (χ4v) is 3.79. The molecule has 1 aliphatic heterocycles. The first kappa shape index (κ1) is 24.7. The number of imidazole rings is 1. The van der Waals surface area contributed by atoms with Crippen LogP contribution < -0.4 is 5.32 Å². The van der Waals surface area contributed by atoms with Gasteiger partial charge in [0.05, 0.1) is 41.5 Å². The number of ether oxygens (including phenoxy) is 2. The first-order chi connectivity index (χ1) is 16.0. The van der Waals surface area contributed by atoms with Gasteiger partial charge in [-0.15, -0.1) is 0 Å². The van der Waals surface area contributed by atoms with Crippen LogP contribution in [-0.4, -0.2) is 38.6 Å². The van der Waals surface area contributed by atoms with E-state index in [1.807, 2.05) is 0 Å². The number of nitro benzene ring substituents is 1. The molecule has 10 nitrogen and oxygen atoms in total. The number of benzene rings is 1. The van der Waals surface area contributed by atoms with Crippen LogP contribution in [0.15, 0.2) is 65.5 Å². The summed E-state index contributed by atoms with van der Waals surface area (Å²) in [6.07, 6.45) is 4.95. The van der Waals surface area contributed by atoms with Crippen molar-refractivity contribution < 1.29 is 24.0 Å². The maximum atomic E-state index is 13.3. The number of nitrogens with zero attached hydrogens (tertiary/aromatic N) is 3. The lowest BCUT2D eigenvalue weighted by molar-refractivity contribution is -0.384. The van der Waals surface area contributed by atoms with E-state index in [1.54, 1.807) is 64.0 Å². The van der Waals surface area contributed by atoms with Gasteiger partial charge < -0.3 is 19.4 Å². The van der Waals surface area contributed by atoms with Gasteiger partial charge in [0.2, 0.25) is 0 Å². The second-order valence-corrected chi connectivity index (χ2v) is 8.80. The number of non-ortho nitro benzene ring substituents is 1. The van der Waals surface area contributed by atoms with Gasteiger partial charge in [-0.25, -0.2) is 14.6 Å². The van der Waals surface area contributed by atoms with Crippen molar-refractivity contribution in [2.45, 2.75) is 52.7 Å². The van der Waals surface area contributed by atoms with Gasteiger partial charge in [0, 0.05) is 35.9 Å². The molecule has 0 radical (unpaired) electrons. The van der Waals surface area contributed by atoms with Crippen molar-refractivity contribution in [3.05, 3.63) is 81.2 Å². The second-order valence-electron chi connectivity index (χ2n) is 8.80. The highest BCUT2D eigenvalue weighted by Gasteiger charge is 2.40. The maximum Gasteiger partial charge on any atom is 0.337 e. The molecule has 3 rings (SSSR count). The van der Waals surface area contributed by atoms with E-state index in [0.717, 1.165) is 0 Å². The summed E-state index contributed by atoms with van der Waals surface area (Å²) in [7, 11) is 0. The minimum Gasteiger partial charge on any atom is -0.463 e. The Morgan fingerprint density at radius 1 is 1.24 bits per heavy atom. The van der Waals surface area contributed by atoms with E-state index >= 15 is 0 Å². The van der Waals surface area contributed by atoms with Crippen molar-refractivity contribution in [3.63, 3.8) is 0 Å². The summed E-state index contributed by atoms with van der Waals surface area (Å²) in [4.78, 5) is 41.6. The zero-order valence-corrected chi connectivity index (χ0v) is 19.8. The zero-order chi connectivity index (χ0) is 25.0. The molecule has 0 aliphatic carbocycles. The van der Waals surface area contributed by atoms with E-state index in [2.05, 4.69) is 10.3 Å². The topological polar surface area (TPSA) is 126 Å². The Labute approximate surface area is 197 Å². The predicted molar refractivity (Wildman–Crippen MR) is 123 cm³/mol. The van der Waals surface area contributed by atoms with Crippen LogP contribution in [0.4, 0.5) is 5.69 Å². The van der Waals surface area contributed by atoms with Gasteiger partial charge in [0.15, 0.2) is 0 Å². The van der Waals surface area contributed by atoms with E-state index in [9.17, 15) is 19.7 Å². The third-order valence-electron chi connectivity index (χ3n) is 5.07. The highest BCUT2D eigenvalue weighted by molar-refractivity contribution is 6.00. The molecular formula is C24H28N4O6. The molecule has 0 fully saturated rings. The number of hydrogen-bond acceptors (Lipinski definition) is 8. The van der Waals surface area contributed by atoms with Crippen molar-refractivity contribution in [2.75, 3.05) is 6.61 Å². The summed E-state index contributed by atoms with van der Waals surface area (Å²) in [5.74, 6) is -2.19. The summed E-state index contributed by atoms with van der Waals surface area (Å²) in [5.41, 5.74) is 0.809. The van der Waals surface area contributed by atoms with Gasteiger partial charge >= 0.3 is 11.9 Å². The first-order valence-corrected chi connectivity index (χ1v) is 10.8. The number of nitro groups is 1. The predicted octanol–water partition coefficient (Wildman–Crippen LogP) is 3.61. The van der Waals surface area contributed by atoms with Crippen LogP contribution >= 0.6 is 0 Å². The van der Waals surface area contributed by atoms with Crippen LogP contribution in [0.1, 0.15) is 46.1 Å². The van der Waals surface area contributed by atoms with Crippen LogP contribution in [0, 0.1) is 10.1 Å². The molecule has 2 aromatic rings. The number of hydrogen-bond donors (Lipinski definition) is 1. The highest BCUT2D eigenvalue weighted by Crippen LogP contribution is 2.41. The Kier molecular flexibility index (Phi) is 7.19. The average molecular weight is 469 g/mol. The van der Waals surface area contributed by atoms with Crippen molar-refractivity contribution >= 4 is 17.6 Å². The van der Waals surface area contributed by atoms with Crippen molar-refractivity contribution in [1.29, 1.82) is 0 Å². The second kappa shape index (κ2) is 9.90. The molecule has 1 aromatic carbocycles. The quantitative estimate of drug-likeness (QED) is 0.371. The summed E-state index contributed by atoms with van der Waals surface area (Å²) in [6.45, 7) is 8.98. The largest absolute Gasteiger partial charge is 0.463 e. The van der Waals surface area contributed by atoms with Gasteiger partial charge in [0.25, 0.3) is 5.69 Å². The molecule has 10 heteroatoms. The molecule has 2 heterocycles. The van der Waals surface area contributed by atoms with Crippen molar-refractivity contribution in [3.8, 4) is 0 Å². The number of rotatable bonds is 7. The van der Waals surface area contributed by atoms with Crippen LogP contribution in [0.3, 0.4) is 0 Å². The van der Waals surface area contributed by atoms with Crippen LogP contribution in [-0.2, 0) is 25.6 Å². The minimum atomic E-state index is -0.937. The summed E-state index contributed by atoms with van der Waals surface area (Å²) >= 11 is 0. The Balaban J connectivity index is 2.24. The molecule has 1 N–H and O–H groups in total. The standard InChI is InChI=1S/C24H28N4O6/c1-6-33-22(29)21-18(13-27-11-10-25-14-27)26-15(2)19(23(30)34-24(3,4)5)20(21)16-8-7-9-17(12-16)28(31)32/h7-12,14,20,26H,6,13H2,1-5H3. The molecular weight excluding hydrogens is 440 g/mol. The lowest BCUT2D eigenvalue weighted by Crippen LogP contribution is -2.36. The number of dihydropyridines is 1. The molecule has 1 atom stereocenters. The van der Waals surface area contributed by atoms with Gasteiger partial charge in [-0.3, -0.25) is 10.1 Å². The molecule has 0 amide bonds. The Bertz CT molecular complexity index is 1160. The number of nitrogens with one attached hydrogen (secondary N) is 1. The van der Waals surface area contributed by atoms with Gasteiger partial charge in [-0.05, 0) is 40.2 Å². The first-order valence-electron chi connectivity index (χ1n) is 10.8. The summed E-state index contributed by atoms with van der Waals surface area (Å²) in [5, 5.41) is 14.6. The number of aromatic nitrogens is 2. The third kappa shape index (κ3) is 5.51. The normalized spacial score (nSPS) is 16.2. The van der Waals surface area contributed by atoms with E-state index < -0.39 is 28.4 Å². The number of allylic oxidation sites excluding steroid dienone is 2. The van der Waals surface area contributed by atoms with Gasteiger partial charge in [0.1, 0.15) is 5.60 Å². The van der Waals surface area contributed by atoms with Crippen molar-refractivity contribution in [1.82, 2.24) is 14.9 Å². The monoisotopic (exact) mass is 468 g/mol. The van der Waals surface area contributed by atoms with Crippen molar-refractivity contribution in [2.24, 2.45) is 0 Å². The minimum absolute atomic E-state index is 0.118. The molecule has 1 aliphatic rings. The molecule has 180 valence electrons. The fourth-order valence-electron chi connectivity index (χ4n) is 3.79. The SMILES string of the molecule is CCOC(=O)C1=C(Cn2ccnc2)NC(C)=C(C(=O)OC(C)(C)C)C1c1cccc([N+](=O)[O-])c1. The molecule has 0 saturated heterocycles. The third-order valence-corrected chi connectivity index (χ3v) is 5.07. The molecule has 0 saturated carbocycles. The Morgan fingerprint density at radius 3 is 2.56 bits per heavy atom. The molecule has 1 aromatic heterocycles. The lowest BCUT2D eigenvalue weighted by Gasteiger charge is -2.33. The van der Waals surface area contributed by atoms with Crippen LogP contribution in [0.2, 0.25) is 0 Å². The molecule has 0 bridgehead atoms. The maximum absolute atomic E-state index is 13.3. The average Bonchev–Trinajstić information content (AvgIpc) is 3.25. The van der Waals surface area contributed by atoms with Gasteiger partial charge in [-0.1, -0.05) is 12.1 Å². The highest BCUT2D eigenvalue weighted by atomic mass is 16.6. The van der Waals surface area contributed by atoms with Gasteiger partial charge in [-0.2, -0.15) is 0 Å². The zero-order valence-electron chi connectivity index (χ0n) is 19.8. The smallest absolute Gasteiger partial charge is 0.337 e. The van der Waals surface area contributed by atoms with E-state index in [1.165, 1.54) is 18.2 Å². The Morgan fingerprint density at radius 2 is 1.97 bits per heavy atom. The lowest BCUT2D eigenvalue weighted by atomic mass is 9.80. The summed E-state index contributed by atoms with van der Waals surface area (Å²) in [6, 6.07) is 5.89. The molecule has 34 heavy (non-hydrogen) atoms.